The molecule has 1 aliphatic heterocycles. The average molecular weight is 277 g/mol. The Kier molecular flexibility index (Phi) is 3.51. The Morgan fingerprint density at radius 1 is 1.55 bits per heavy atom. The molecule has 0 bridgehead atoms. The molecule has 0 amide bonds. The largest absolute Gasteiger partial charge is 0.450 e. The molecule has 0 saturated carbocycles. The van der Waals surface area contributed by atoms with E-state index in [-0.39, 0.29) is 11.8 Å². The lowest BCUT2D eigenvalue weighted by atomic mass is 10.0. The highest BCUT2D eigenvalue weighted by Crippen LogP contribution is 2.25. The van der Waals surface area contributed by atoms with Crippen molar-refractivity contribution < 1.29 is 14.1 Å². The van der Waals surface area contributed by atoms with Crippen molar-refractivity contribution in [1.82, 2.24) is 10.3 Å². The first-order valence-corrected chi connectivity index (χ1v) is 6.61. The average Bonchev–Trinajstić information content (AvgIpc) is 2.88. The second-order valence-electron chi connectivity index (χ2n) is 4.91. The molecule has 7 nitrogen and oxygen atoms in total. The minimum atomic E-state index is -0.456. The van der Waals surface area contributed by atoms with Crippen molar-refractivity contribution in [2.75, 3.05) is 19.7 Å². The maximum absolute atomic E-state index is 10.7. The third kappa shape index (κ3) is 2.72. The fourth-order valence-corrected chi connectivity index (χ4v) is 2.33. The molecule has 1 atom stereocenters. The van der Waals surface area contributed by atoms with Crippen molar-refractivity contribution in [3.63, 3.8) is 0 Å². The summed E-state index contributed by atoms with van der Waals surface area (Å²) in [6.45, 7) is 2.54. The van der Waals surface area contributed by atoms with Crippen LogP contribution in [0, 0.1) is 16.0 Å². The first-order chi connectivity index (χ1) is 9.72. The zero-order valence-electron chi connectivity index (χ0n) is 10.9. The van der Waals surface area contributed by atoms with Crippen LogP contribution in [0.2, 0.25) is 0 Å². The molecular weight excluding hydrogens is 262 g/mol. The first-order valence-electron chi connectivity index (χ1n) is 6.61. The SMILES string of the molecule is O=[N+]([O-])c1ccc2oc(OC[C@@H]3CCCNC3)nc2c1. The third-order valence-electron chi connectivity index (χ3n) is 3.40. The molecule has 0 aliphatic carbocycles. The van der Waals surface area contributed by atoms with E-state index in [1.807, 2.05) is 0 Å². The summed E-state index contributed by atoms with van der Waals surface area (Å²) in [6, 6.07) is 4.31. The predicted molar refractivity (Wildman–Crippen MR) is 71.8 cm³/mol. The number of nitro benzene ring substituents is 1. The fourth-order valence-electron chi connectivity index (χ4n) is 2.33. The molecule has 0 radical (unpaired) electrons. The first kappa shape index (κ1) is 12.9. The van der Waals surface area contributed by atoms with Crippen LogP contribution in [0.3, 0.4) is 0 Å². The number of oxazole rings is 1. The number of nitrogens with zero attached hydrogens (tertiary/aromatic N) is 2. The normalized spacial score (nSPS) is 19.1. The highest BCUT2D eigenvalue weighted by Gasteiger charge is 2.16. The van der Waals surface area contributed by atoms with Crippen LogP contribution in [0.5, 0.6) is 6.08 Å². The molecule has 106 valence electrons. The maximum atomic E-state index is 10.7. The number of hydrogen-bond acceptors (Lipinski definition) is 6. The van der Waals surface area contributed by atoms with Gasteiger partial charge in [0.15, 0.2) is 5.58 Å². The molecule has 1 fully saturated rings. The fraction of sp³-hybridized carbons (Fsp3) is 0.462. The van der Waals surface area contributed by atoms with Crippen molar-refractivity contribution in [3.8, 4) is 6.08 Å². The lowest BCUT2D eigenvalue weighted by molar-refractivity contribution is -0.384. The Labute approximate surface area is 115 Å². The van der Waals surface area contributed by atoms with Gasteiger partial charge in [0.1, 0.15) is 5.52 Å². The molecule has 1 N–H and O–H groups in total. The van der Waals surface area contributed by atoms with E-state index < -0.39 is 4.92 Å². The lowest BCUT2D eigenvalue weighted by Crippen LogP contribution is -2.33. The molecule has 3 rings (SSSR count). The van der Waals surface area contributed by atoms with Crippen molar-refractivity contribution >= 4 is 16.8 Å². The minimum Gasteiger partial charge on any atom is -0.450 e. The Hall–Kier alpha value is -2.15. The van der Waals surface area contributed by atoms with E-state index in [9.17, 15) is 10.1 Å². The van der Waals surface area contributed by atoms with E-state index in [4.69, 9.17) is 9.15 Å². The van der Waals surface area contributed by atoms with Gasteiger partial charge in [-0.15, -0.1) is 0 Å². The van der Waals surface area contributed by atoms with Gasteiger partial charge in [-0.25, -0.2) is 0 Å². The van der Waals surface area contributed by atoms with Gasteiger partial charge in [0.25, 0.3) is 5.69 Å². The molecule has 0 spiro atoms. The second-order valence-corrected chi connectivity index (χ2v) is 4.91. The van der Waals surface area contributed by atoms with Crippen molar-refractivity contribution in [3.05, 3.63) is 28.3 Å². The number of hydrogen-bond donors (Lipinski definition) is 1. The smallest absolute Gasteiger partial charge is 0.394 e. The number of benzene rings is 1. The second kappa shape index (κ2) is 5.46. The number of aromatic nitrogens is 1. The van der Waals surface area contributed by atoms with E-state index in [0.717, 1.165) is 25.9 Å². The summed E-state index contributed by atoms with van der Waals surface area (Å²) < 4.78 is 11.0. The van der Waals surface area contributed by atoms with Crippen LogP contribution in [0.15, 0.2) is 22.6 Å². The van der Waals surface area contributed by atoms with E-state index in [0.29, 0.717) is 23.6 Å². The Balaban J connectivity index is 1.70. The summed E-state index contributed by atoms with van der Waals surface area (Å²) in [4.78, 5) is 14.4. The van der Waals surface area contributed by atoms with Crippen LogP contribution in [0.4, 0.5) is 5.69 Å². The lowest BCUT2D eigenvalue weighted by Gasteiger charge is -2.21. The van der Waals surface area contributed by atoms with E-state index >= 15 is 0 Å². The number of piperidine rings is 1. The molecule has 1 saturated heterocycles. The van der Waals surface area contributed by atoms with E-state index in [2.05, 4.69) is 10.3 Å². The van der Waals surface area contributed by atoms with Gasteiger partial charge in [0.2, 0.25) is 0 Å². The zero-order valence-corrected chi connectivity index (χ0v) is 10.9. The Bertz CT molecular complexity index is 619. The van der Waals surface area contributed by atoms with Gasteiger partial charge in [-0.2, -0.15) is 4.98 Å². The number of non-ortho nitro benzene ring substituents is 1. The molecule has 1 aromatic heterocycles. The minimum absolute atomic E-state index is 0.00571. The van der Waals surface area contributed by atoms with Crippen LogP contribution in [0.1, 0.15) is 12.8 Å². The van der Waals surface area contributed by atoms with Gasteiger partial charge < -0.3 is 14.5 Å². The molecular formula is C13H15N3O4. The van der Waals surface area contributed by atoms with Crippen LogP contribution in [0.25, 0.3) is 11.1 Å². The summed E-state index contributed by atoms with van der Waals surface area (Å²) in [5, 5.41) is 14.0. The zero-order chi connectivity index (χ0) is 13.9. The van der Waals surface area contributed by atoms with Gasteiger partial charge in [-0.1, -0.05) is 0 Å². The molecule has 1 aromatic carbocycles. The summed E-state index contributed by atoms with van der Waals surface area (Å²) in [5.74, 6) is 0.452. The highest BCUT2D eigenvalue weighted by atomic mass is 16.6. The molecule has 2 aromatic rings. The van der Waals surface area contributed by atoms with E-state index in [1.54, 1.807) is 0 Å². The number of ether oxygens (including phenoxy) is 1. The topological polar surface area (TPSA) is 90.4 Å². The van der Waals surface area contributed by atoms with Crippen LogP contribution in [-0.2, 0) is 0 Å². The molecule has 2 heterocycles. The Morgan fingerprint density at radius 2 is 2.45 bits per heavy atom. The van der Waals surface area contributed by atoms with Gasteiger partial charge in [-0.3, -0.25) is 10.1 Å². The van der Waals surface area contributed by atoms with Crippen molar-refractivity contribution in [1.29, 1.82) is 0 Å². The number of nitrogens with one attached hydrogen (secondary N) is 1. The maximum Gasteiger partial charge on any atom is 0.394 e. The third-order valence-corrected chi connectivity index (χ3v) is 3.40. The summed E-state index contributed by atoms with van der Waals surface area (Å²) in [5.41, 5.74) is 0.928. The Morgan fingerprint density at radius 3 is 3.20 bits per heavy atom. The van der Waals surface area contributed by atoms with Crippen molar-refractivity contribution in [2.45, 2.75) is 12.8 Å². The summed E-state index contributed by atoms with van der Waals surface area (Å²) >= 11 is 0. The van der Waals surface area contributed by atoms with Crippen LogP contribution < -0.4 is 10.1 Å². The molecule has 0 unspecified atom stereocenters. The predicted octanol–water partition coefficient (Wildman–Crippen LogP) is 2.11. The molecule has 1 aliphatic rings. The highest BCUT2D eigenvalue weighted by molar-refractivity contribution is 5.75. The van der Waals surface area contributed by atoms with Crippen LogP contribution in [-0.4, -0.2) is 29.6 Å². The van der Waals surface area contributed by atoms with Gasteiger partial charge >= 0.3 is 6.08 Å². The quantitative estimate of drug-likeness (QED) is 0.680. The van der Waals surface area contributed by atoms with Crippen molar-refractivity contribution in [2.24, 2.45) is 5.92 Å². The molecule has 20 heavy (non-hydrogen) atoms. The van der Waals surface area contributed by atoms with Gasteiger partial charge in [0, 0.05) is 24.6 Å². The monoisotopic (exact) mass is 277 g/mol. The van der Waals surface area contributed by atoms with Crippen LogP contribution >= 0.6 is 0 Å². The standard InChI is InChI=1S/C13H15N3O4/c17-16(18)10-3-4-12-11(6-10)15-13(20-12)19-8-9-2-1-5-14-7-9/h3-4,6,9,14H,1-2,5,7-8H2/t9-/m1/s1. The van der Waals surface area contributed by atoms with Gasteiger partial charge in [0.05, 0.1) is 11.5 Å². The number of fused-ring (bicyclic) bond motifs is 1. The summed E-state index contributed by atoms with van der Waals surface area (Å²) in [7, 11) is 0. The number of rotatable bonds is 4. The van der Waals surface area contributed by atoms with Gasteiger partial charge in [-0.05, 0) is 25.5 Å². The number of nitro groups is 1. The van der Waals surface area contributed by atoms with E-state index in [1.165, 1.54) is 18.2 Å². The summed E-state index contributed by atoms with van der Waals surface area (Å²) in [6.07, 6.45) is 2.44. The molecule has 7 heteroatoms.